The van der Waals surface area contributed by atoms with Gasteiger partial charge < -0.3 is 15.4 Å². The van der Waals surface area contributed by atoms with Crippen molar-refractivity contribution < 1.29 is 14.3 Å². The number of carbonyl (C=O) groups excluding carboxylic acids is 2. The van der Waals surface area contributed by atoms with Gasteiger partial charge in [-0.3, -0.25) is 9.59 Å². The van der Waals surface area contributed by atoms with Gasteiger partial charge in [0.15, 0.2) is 0 Å². The van der Waals surface area contributed by atoms with E-state index in [9.17, 15) is 9.59 Å². The zero-order chi connectivity index (χ0) is 18.4. The van der Waals surface area contributed by atoms with Crippen molar-refractivity contribution >= 4 is 52.3 Å². The number of benzene rings is 2. The summed E-state index contributed by atoms with van der Waals surface area (Å²) in [5, 5.41) is 6.16. The van der Waals surface area contributed by atoms with E-state index >= 15 is 0 Å². The molecule has 0 aromatic heterocycles. The van der Waals surface area contributed by atoms with Gasteiger partial charge in [-0.15, -0.1) is 0 Å². The number of ether oxygens (including phenoxy) is 1. The number of amides is 2. The number of nitrogens with one attached hydrogen (secondary N) is 2. The Hall–Kier alpha value is -1.95. The Morgan fingerprint density at radius 1 is 1.04 bits per heavy atom. The minimum atomic E-state index is -0.314. The Kier molecular flexibility index (Phi) is 6.93. The fourth-order valence-corrected chi connectivity index (χ4v) is 2.58. The maximum Gasteiger partial charge on any atom is 0.251 e. The molecule has 0 spiro atoms. The van der Waals surface area contributed by atoms with Gasteiger partial charge in [0, 0.05) is 18.5 Å². The Bertz CT molecular complexity index is 797. The van der Waals surface area contributed by atoms with Gasteiger partial charge >= 0.3 is 0 Å². The molecule has 0 aliphatic heterocycles. The average molecular weight is 402 g/mol. The third-order valence-corrected chi connectivity index (χ3v) is 4.29. The van der Waals surface area contributed by atoms with Crippen molar-refractivity contribution in [2.45, 2.75) is 6.42 Å². The molecule has 2 N–H and O–H groups in total. The van der Waals surface area contributed by atoms with E-state index < -0.39 is 0 Å². The summed E-state index contributed by atoms with van der Waals surface area (Å²) in [6.07, 6.45) is 0.0757. The number of anilines is 1. The van der Waals surface area contributed by atoms with Crippen LogP contribution in [0.25, 0.3) is 0 Å². The van der Waals surface area contributed by atoms with Crippen LogP contribution in [0.1, 0.15) is 16.8 Å². The van der Waals surface area contributed by atoms with Gasteiger partial charge in [-0.25, -0.2) is 0 Å². The Balaban J connectivity index is 1.86. The summed E-state index contributed by atoms with van der Waals surface area (Å²) in [5.74, 6) is -0.0230. The summed E-state index contributed by atoms with van der Waals surface area (Å²) in [7, 11) is 1.52. The highest BCUT2D eigenvalue weighted by Gasteiger charge is 2.11. The van der Waals surface area contributed by atoms with E-state index in [2.05, 4.69) is 10.6 Å². The van der Waals surface area contributed by atoms with Gasteiger partial charge in [0.1, 0.15) is 5.75 Å². The molecular weight excluding hydrogens is 387 g/mol. The summed E-state index contributed by atoms with van der Waals surface area (Å²) in [6.45, 7) is 0.167. The number of carbonyl (C=O) groups is 2. The molecule has 0 aliphatic rings. The molecule has 0 radical (unpaired) electrons. The summed E-state index contributed by atoms with van der Waals surface area (Å²) >= 11 is 17.7. The largest absolute Gasteiger partial charge is 0.497 e. The maximum atomic E-state index is 12.0. The fraction of sp³-hybridized carbons (Fsp3) is 0.176. The summed E-state index contributed by atoms with van der Waals surface area (Å²) in [4.78, 5) is 24.0. The molecule has 8 heteroatoms. The van der Waals surface area contributed by atoms with E-state index in [1.807, 2.05) is 0 Å². The molecule has 0 bridgehead atoms. The molecule has 0 aliphatic carbocycles. The number of halogens is 3. The van der Waals surface area contributed by atoms with Crippen LogP contribution in [0.4, 0.5) is 5.69 Å². The first-order chi connectivity index (χ1) is 11.9. The highest BCUT2D eigenvalue weighted by atomic mass is 35.5. The number of methoxy groups -OCH3 is 1. The summed E-state index contributed by atoms with van der Waals surface area (Å²) in [6, 6.07) is 9.65. The lowest BCUT2D eigenvalue weighted by atomic mass is 10.2. The van der Waals surface area contributed by atoms with Gasteiger partial charge in [0.05, 0.1) is 27.9 Å². The van der Waals surface area contributed by atoms with E-state index in [4.69, 9.17) is 39.5 Å². The molecule has 0 fully saturated rings. The van der Waals surface area contributed by atoms with Gasteiger partial charge in [0.2, 0.25) is 5.91 Å². The lowest BCUT2D eigenvalue weighted by Crippen LogP contribution is -2.27. The van der Waals surface area contributed by atoms with E-state index in [0.717, 1.165) is 0 Å². The van der Waals surface area contributed by atoms with E-state index in [1.54, 1.807) is 24.3 Å². The minimum Gasteiger partial charge on any atom is -0.497 e. The van der Waals surface area contributed by atoms with Crippen molar-refractivity contribution in [3.05, 3.63) is 57.0 Å². The molecule has 2 rings (SSSR count). The van der Waals surface area contributed by atoms with Gasteiger partial charge in [0.25, 0.3) is 5.91 Å². The van der Waals surface area contributed by atoms with E-state index in [-0.39, 0.29) is 34.8 Å². The quantitative estimate of drug-likeness (QED) is 0.704. The molecule has 0 atom stereocenters. The van der Waals surface area contributed by atoms with Crippen molar-refractivity contribution in [2.75, 3.05) is 19.0 Å². The average Bonchev–Trinajstić information content (AvgIpc) is 2.59. The molecule has 25 heavy (non-hydrogen) atoms. The Morgan fingerprint density at radius 3 is 2.48 bits per heavy atom. The van der Waals surface area contributed by atoms with Crippen LogP contribution in [0, 0.1) is 0 Å². The second-order valence-corrected chi connectivity index (χ2v) is 6.25. The smallest absolute Gasteiger partial charge is 0.251 e. The second-order valence-electron chi connectivity index (χ2n) is 5.03. The predicted octanol–water partition coefficient (Wildman–Crippen LogP) is 4.41. The molecule has 0 saturated heterocycles. The highest BCUT2D eigenvalue weighted by molar-refractivity contribution is 6.44. The van der Waals surface area contributed by atoms with Crippen LogP contribution in [0.2, 0.25) is 15.1 Å². The van der Waals surface area contributed by atoms with Crippen molar-refractivity contribution in [1.82, 2.24) is 5.32 Å². The molecular formula is C17H15Cl3N2O3. The van der Waals surface area contributed by atoms with E-state index in [0.29, 0.717) is 22.0 Å². The van der Waals surface area contributed by atoms with Crippen molar-refractivity contribution in [1.29, 1.82) is 0 Å². The van der Waals surface area contributed by atoms with Crippen LogP contribution in [-0.4, -0.2) is 25.5 Å². The van der Waals surface area contributed by atoms with Gasteiger partial charge in [-0.1, -0.05) is 40.9 Å². The highest BCUT2D eigenvalue weighted by Crippen LogP contribution is 2.32. The Morgan fingerprint density at radius 2 is 1.76 bits per heavy atom. The fourth-order valence-electron chi connectivity index (χ4n) is 1.99. The van der Waals surface area contributed by atoms with Gasteiger partial charge in [-0.05, 0) is 30.3 Å². The Labute approximate surface area is 160 Å². The number of rotatable bonds is 6. The molecule has 2 aromatic rings. The summed E-state index contributed by atoms with van der Waals surface area (Å²) in [5.41, 5.74) is 0.812. The molecule has 2 amide bonds. The zero-order valence-corrected chi connectivity index (χ0v) is 15.5. The molecule has 5 nitrogen and oxygen atoms in total. The van der Waals surface area contributed by atoms with Crippen LogP contribution >= 0.6 is 34.8 Å². The van der Waals surface area contributed by atoms with Crippen molar-refractivity contribution in [3.8, 4) is 5.75 Å². The third-order valence-electron chi connectivity index (χ3n) is 3.25. The lowest BCUT2D eigenvalue weighted by Gasteiger charge is -2.10. The topological polar surface area (TPSA) is 67.4 Å². The minimum absolute atomic E-state index is 0.0757. The molecule has 0 heterocycles. The van der Waals surface area contributed by atoms with Crippen LogP contribution in [0.3, 0.4) is 0 Å². The van der Waals surface area contributed by atoms with E-state index in [1.165, 1.54) is 19.2 Å². The first-order valence-corrected chi connectivity index (χ1v) is 8.40. The monoisotopic (exact) mass is 400 g/mol. The normalized spacial score (nSPS) is 10.2. The first-order valence-electron chi connectivity index (χ1n) is 7.27. The van der Waals surface area contributed by atoms with Crippen LogP contribution in [0.15, 0.2) is 36.4 Å². The molecule has 0 saturated carbocycles. The standard InChI is InChI=1S/C17H15Cl3N2O3/c1-25-11-4-2-3-10(7-11)17(24)21-6-5-16(23)22-15-9-13(19)12(18)8-14(15)20/h2-4,7-9H,5-6H2,1H3,(H,21,24)(H,22,23). The van der Waals surface area contributed by atoms with Crippen molar-refractivity contribution in [2.24, 2.45) is 0 Å². The van der Waals surface area contributed by atoms with Crippen LogP contribution < -0.4 is 15.4 Å². The van der Waals surface area contributed by atoms with Crippen LogP contribution in [-0.2, 0) is 4.79 Å². The maximum absolute atomic E-state index is 12.0. The van der Waals surface area contributed by atoms with Crippen molar-refractivity contribution in [3.63, 3.8) is 0 Å². The van der Waals surface area contributed by atoms with Crippen LogP contribution in [0.5, 0.6) is 5.75 Å². The second kappa shape index (κ2) is 8.94. The van der Waals surface area contributed by atoms with Gasteiger partial charge in [-0.2, -0.15) is 0 Å². The molecule has 2 aromatic carbocycles. The third kappa shape index (κ3) is 5.53. The first kappa shape index (κ1) is 19.4. The SMILES string of the molecule is COc1cccc(C(=O)NCCC(=O)Nc2cc(Cl)c(Cl)cc2Cl)c1. The zero-order valence-electron chi connectivity index (χ0n) is 13.2. The predicted molar refractivity (Wildman–Crippen MR) is 100 cm³/mol. The lowest BCUT2D eigenvalue weighted by molar-refractivity contribution is -0.116. The molecule has 0 unspecified atom stereocenters. The number of hydrogen-bond donors (Lipinski definition) is 2. The summed E-state index contributed by atoms with van der Waals surface area (Å²) < 4.78 is 5.07. The molecule has 132 valence electrons. The number of hydrogen-bond acceptors (Lipinski definition) is 3.